The van der Waals surface area contributed by atoms with Crippen LogP contribution in [-0.2, 0) is 0 Å². The van der Waals surface area contributed by atoms with Gasteiger partial charge >= 0.3 is 5.69 Å². The van der Waals surface area contributed by atoms with Crippen LogP contribution in [0.4, 0.5) is 5.95 Å². The van der Waals surface area contributed by atoms with Crippen molar-refractivity contribution in [2.45, 2.75) is 0 Å². The fourth-order valence-corrected chi connectivity index (χ4v) is 1.79. The minimum Gasteiger partial charge on any atom is -0.275 e. The van der Waals surface area contributed by atoms with Crippen LogP contribution in [-0.4, -0.2) is 21.1 Å². The smallest absolute Gasteiger partial charge is 0.275 e. The predicted molar refractivity (Wildman–Crippen MR) is 79.4 cm³/mol. The summed E-state index contributed by atoms with van der Waals surface area (Å²) in [7, 11) is 0. The number of nitrogens with two attached hydrogens (primary N) is 1. The molecule has 2 aromatic rings. The Labute approximate surface area is 125 Å². The van der Waals surface area contributed by atoms with Gasteiger partial charge in [0.1, 0.15) is 6.33 Å². The van der Waals surface area contributed by atoms with E-state index in [4.69, 9.17) is 29.0 Å². The average Bonchev–Trinajstić information content (AvgIpc) is 2.42. The van der Waals surface area contributed by atoms with Crippen molar-refractivity contribution in [3.8, 4) is 5.69 Å². The predicted octanol–water partition coefficient (Wildman–Crippen LogP) is 1.80. The van der Waals surface area contributed by atoms with Crippen LogP contribution >= 0.6 is 23.2 Å². The maximum absolute atomic E-state index is 12.0. The number of nitrogens with zero attached hydrogens (tertiary/aromatic N) is 4. The molecule has 1 aromatic heterocycles. The molecule has 0 amide bonds. The van der Waals surface area contributed by atoms with E-state index in [9.17, 15) is 4.79 Å². The van der Waals surface area contributed by atoms with E-state index in [1.54, 1.807) is 24.3 Å². The van der Waals surface area contributed by atoms with Gasteiger partial charge in [-0.15, -0.1) is 6.58 Å². The fraction of sp³-hybridized carbons (Fsp3) is 0.0833. The monoisotopic (exact) mass is 311 g/mol. The standard InChI is InChI=1S/C12H11Cl2N5O/c1-2-5-19(15)11-16-7-18(12(20)17-11)8-3-4-9(13)10(14)6-8/h2-4,6-7H,1,5,15H2. The van der Waals surface area contributed by atoms with Gasteiger partial charge in [0.15, 0.2) is 0 Å². The van der Waals surface area contributed by atoms with E-state index < -0.39 is 5.69 Å². The van der Waals surface area contributed by atoms with Crippen molar-refractivity contribution in [3.05, 3.63) is 57.7 Å². The summed E-state index contributed by atoms with van der Waals surface area (Å²) < 4.78 is 1.24. The molecule has 0 atom stereocenters. The molecule has 0 radical (unpaired) electrons. The molecular weight excluding hydrogens is 301 g/mol. The van der Waals surface area contributed by atoms with Crippen molar-refractivity contribution in [3.63, 3.8) is 0 Å². The van der Waals surface area contributed by atoms with Gasteiger partial charge in [-0.05, 0) is 18.2 Å². The summed E-state index contributed by atoms with van der Waals surface area (Å²) in [5.41, 5.74) is -0.00357. The Morgan fingerprint density at radius 3 is 2.75 bits per heavy atom. The minimum absolute atomic E-state index is 0.117. The van der Waals surface area contributed by atoms with Crippen LogP contribution in [0.5, 0.6) is 0 Å². The zero-order valence-corrected chi connectivity index (χ0v) is 11.8. The summed E-state index contributed by atoms with van der Waals surface area (Å²) in [5, 5.41) is 1.96. The van der Waals surface area contributed by atoms with Gasteiger partial charge in [-0.2, -0.15) is 4.98 Å². The first-order valence-corrected chi connectivity index (χ1v) is 6.33. The van der Waals surface area contributed by atoms with Crippen LogP contribution in [0.15, 0.2) is 42.0 Å². The van der Waals surface area contributed by atoms with E-state index in [0.717, 1.165) is 0 Å². The maximum atomic E-state index is 12.0. The van der Waals surface area contributed by atoms with E-state index in [1.165, 1.54) is 15.9 Å². The third kappa shape index (κ3) is 2.98. The number of halogens is 2. The van der Waals surface area contributed by atoms with Gasteiger partial charge in [-0.3, -0.25) is 9.58 Å². The normalized spacial score (nSPS) is 10.3. The second kappa shape index (κ2) is 6.04. The second-order valence-corrected chi connectivity index (χ2v) is 4.66. The molecule has 0 fully saturated rings. The molecule has 0 bridgehead atoms. The molecule has 20 heavy (non-hydrogen) atoms. The van der Waals surface area contributed by atoms with Crippen LogP contribution in [0.1, 0.15) is 0 Å². The van der Waals surface area contributed by atoms with E-state index >= 15 is 0 Å². The van der Waals surface area contributed by atoms with Crippen LogP contribution < -0.4 is 16.5 Å². The van der Waals surface area contributed by atoms with Crippen LogP contribution in [0.3, 0.4) is 0 Å². The van der Waals surface area contributed by atoms with E-state index in [1.807, 2.05) is 0 Å². The molecule has 2 N–H and O–H groups in total. The molecule has 2 rings (SSSR count). The molecule has 0 saturated carbocycles. The topological polar surface area (TPSA) is 77.0 Å². The first-order chi connectivity index (χ1) is 9.52. The summed E-state index contributed by atoms with van der Waals surface area (Å²) in [6.07, 6.45) is 2.90. The zero-order chi connectivity index (χ0) is 14.7. The Bertz CT molecular complexity index is 700. The molecule has 8 heteroatoms. The van der Waals surface area contributed by atoms with Crippen molar-refractivity contribution in [1.82, 2.24) is 14.5 Å². The number of hydrogen-bond acceptors (Lipinski definition) is 5. The highest BCUT2D eigenvalue weighted by molar-refractivity contribution is 6.42. The molecule has 0 aliphatic carbocycles. The average molecular weight is 312 g/mol. The van der Waals surface area contributed by atoms with Gasteiger partial charge in [0.2, 0.25) is 5.95 Å². The van der Waals surface area contributed by atoms with Gasteiger partial charge < -0.3 is 0 Å². The quantitative estimate of drug-likeness (QED) is 0.529. The highest BCUT2D eigenvalue weighted by Crippen LogP contribution is 2.23. The number of hydrazine groups is 1. The molecule has 0 aliphatic rings. The number of hydrogen-bond donors (Lipinski definition) is 1. The largest absolute Gasteiger partial charge is 0.356 e. The lowest BCUT2D eigenvalue weighted by molar-refractivity contribution is 0.799. The van der Waals surface area contributed by atoms with E-state index in [-0.39, 0.29) is 5.95 Å². The van der Waals surface area contributed by atoms with E-state index in [0.29, 0.717) is 22.3 Å². The maximum Gasteiger partial charge on any atom is 0.356 e. The van der Waals surface area contributed by atoms with Gasteiger partial charge in [-0.25, -0.2) is 15.6 Å². The number of rotatable bonds is 4. The Hall–Kier alpha value is -1.89. The Kier molecular flexibility index (Phi) is 4.39. The third-order valence-electron chi connectivity index (χ3n) is 2.45. The molecular formula is C12H11Cl2N5O. The summed E-state index contributed by atoms with van der Waals surface area (Å²) in [5.74, 6) is 5.77. The zero-order valence-electron chi connectivity index (χ0n) is 10.3. The van der Waals surface area contributed by atoms with Gasteiger partial charge in [0, 0.05) is 0 Å². The number of aromatic nitrogens is 3. The number of benzene rings is 1. The lowest BCUT2D eigenvalue weighted by Gasteiger charge is -2.14. The second-order valence-electron chi connectivity index (χ2n) is 3.85. The van der Waals surface area contributed by atoms with Gasteiger partial charge in [-0.1, -0.05) is 29.3 Å². The van der Waals surface area contributed by atoms with Crippen molar-refractivity contribution in [1.29, 1.82) is 0 Å². The van der Waals surface area contributed by atoms with Crippen LogP contribution in [0, 0.1) is 0 Å². The molecule has 1 heterocycles. The van der Waals surface area contributed by atoms with Crippen molar-refractivity contribution < 1.29 is 0 Å². The fourth-order valence-electron chi connectivity index (χ4n) is 1.50. The van der Waals surface area contributed by atoms with Crippen LogP contribution in [0.2, 0.25) is 10.0 Å². The molecule has 6 nitrogen and oxygen atoms in total. The summed E-state index contributed by atoms with van der Waals surface area (Å²) in [6.45, 7) is 3.87. The minimum atomic E-state index is -0.520. The van der Waals surface area contributed by atoms with Crippen molar-refractivity contribution >= 4 is 29.2 Å². The van der Waals surface area contributed by atoms with Crippen LogP contribution in [0.25, 0.3) is 5.69 Å². The molecule has 0 aliphatic heterocycles. The summed E-state index contributed by atoms with van der Waals surface area (Å²) >= 11 is 11.7. The highest BCUT2D eigenvalue weighted by Gasteiger charge is 2.08. The Morgan fingerprint density at radius 1 is 1.40 bits per heavy atom. The lowest BCUT2D eigenvalue weighted by Crippen LogP contribution is -2.35. The molecule has 0 saturated heterocycles. The van der Waals surface area contributed by atoms with Crippen molar-refractivity contribution in [2.75, 3.05) is 11.6 Å². The first kappa shape index (κ1) is 14.5. The third-order valence-corrected chi connectivity index (χ3v) is 3.19. The Morgan fingerprint density at radius 2 is 2.15 bits per heavy atom. The van der Waals surface area contributed by atoms with Gasteiger partial charge in [0.25, 0.3) is 0 Å². The van der Waals surface area contributed by atoms with Gasteiger partial charge in [0.05, 0.1) is 22.3 Å². The molecule has 0 unspecified atom stereocenters. The molecule has 1 aromatic carbocycles. The van der Waals surface area contributed by atoms with Crippen molar-refractivity contribution in [2.24, 2.45) is 5.84 Å². The Balaban J connectivity index is 2.41. The highest BCUT2D eigenvalue weighted by atomic mass is 35.5. The summed E-state index contributed by atoms with van der Waals surface area (Å²) in [6, 6.07) is 4.79. The molecule has 104 valence electrons. The number of anilines is 1. The SMILES string of the molecule is C=CCN(N)c1ncn(-c2ccc(Cl)c(Cl)c2)c(=O)n1. The van der Waals surface area contributed by atoms with E-state index in [2.05, 4.69) is 16.5 Å². The first-order valence-electron chi connectivity index (χ1n) is 5.57. The summed E-state index contributed by atoms with van der Waals surface area (Å²) in [4.78, 5) is 19.8. The lowest BCUT2D eigenvalue weighted by atomic mass is 10.3. The molecule has 0 spiro atoms.